The number of aliphatic imine (C=N–C) groups is 1. The molecule has 3 rings (SSSR count). The van der Waals surface area contributed by atoms with E-state index in [1.807, 2.05) is 6.26 Å². The van der Waals surface area contributed by atoms with Crippen molar-refractivity contribution in [3.05, 3.63) is 70.1 Å². The number of amides is 1. The van der Waals surface area contributed by atoms with Gasteiger partial charge in [0, 0.05) is 0 Å². The van der Waals surface area contributed by atoms with Gasteiger partial charge in [-0.15, -0.1) is 11.8 Å². The fraction of sp³-hybridized carbons (Fsp3) is 0.158. The van der Waals surface area contributed by atoms with Gasteiger partial charge in [0.1, 0.15) is 16.7 Å². The number of alkyl halides is 3. The van der Waals surface area contributed by atoms with Crippen molar-refractivity contribution >= 4 is 39.9 Å². The van der Waals surface area contributed by atoms with E-state index in [-0.39, 0.29) is 12.5 Å². The Morgan fingerprint density at radius 1 is 1.11 bits per heavy atom. The standard InChI is InChI=1S/C19H14F3NO2S2/c1-26-18-23-17(24)16(27-18)10-12-4-8-15(9-5-12)25-11-13-2-6-14(7-3-13)19(20,21)22/h2-10H,11H2,1H3/b16-10-. The van der Waals surface area contributed by atoms with Crippen LogP contribution < -0.4 is 4.74 Å². The van der Waals surface area contributed by atoms with Crippen molar-refractivity contribution in [3.8, 4) is 5.75 Å². The van der Waals surface area contributed by atoms with Crippen LogP contribution in [-0.4, -0.2) is 16.5 Å². The SMILES string of the molecule is CSC1=NC(=O)/C(=C/c2ccc(OCc3ccc(C(F)(F)F)cc3)cc2)S1. The molecule has 0 N–H and O–H groups in total. The second kappa shape index (κ2) is 8.22. The highest BCUT2D eigenvalue weighted by Gasteiger charge is 2.29. The molecule has 0 bridgehead atoms. The maximum Gasteiger partial charge on any atom is 0.416 e. The zero-order chi connectivity index (χ0) is 19.4. The molecule has 0 saturated heterocycles. The summed E-state index contributed by atoms with van der Waals surface area (Å²) in [6, 6.07) is 12.0. The zero-order valence-corrected chi connectivity index (χ0v) is 15.8. The molecule has 1 heterocycles. The summed E-state index contributed by atoms with van der Waals surface area (Å²) in [4.78, 5) is 16.3. The van der Waals surface area contributed by atoms with Crippen molar-refractivity contribution in [2.75, 3.05) is 6.26 Å². The largest absolute Gasteiger partial charge is 0.489 e. The normalized spacial score (nSPS) is 15.9. The smallest absolute Gasteiger partial charge is 0.416 e. The summed E-state index contributed by atoms with van der Waals surface area (Å²) >= 11 is 2.77. The van der Waals surface area contributed by atoms with Crippen LogP contribution >= 0.6 is 23.5 Å². The molecule has 3 nitrogen and oxygen atoms in total. The second-order valence-electron chi connectivity index (χ2n) is 5.55. The molecule has 0 spiro atoms. The Labute approximate surface area is 162 Å². The molecule has 1 aliphatic rings. The monoisotopic (exact) mass is 409 g/mol. The van der Waals surface area contributed by atoms with Gasteiger partial charge in [0.25, 0.3) is 5.91 Å². The van der Waals surface area contributed by atoms with Crippen molar-refractivity contribution in [1.82, 2.24) is 0 Å². The minimum absolute atomic E-state index is 0.165. The van der Waals surface area contributed by atoms with Crippen LogP contribution in [0.3, 0.4) is 0 Å². The van der Waals surface area contributed by atoms with Gasteiger partial charge in [-0.25, -0.2) is 0 Å². The molecule has 0 fully saturated rings. The van der Waals surface area contributed by atoms with Gasteiger partial charge in [-0.1, -0.05) is 36.0 Å². The van der Waals surface area contributed by atoms with E-state index in [2.05, 4.69) is 4.99 Å². The number of hydrogen-bond acceptors (Lipinski definition) is 4. The number of rotatable bonds is 4. The molecule has 1 aliphatic heterocycles. The molecule has 8 heteroatoms. The van der Waals surface area contributed by atoms with E-state index >= 15 is 0 Å². The average molecular weight is 409 g/mol. The summed E-state index contributed by atoms with van der Waals surface area (Å²) in [5, 5.41) is 0. The molecule has 140 valence electrons. The van der Waals surface area contributed by atoms with Crippen LogP contribution in [0.4, 0.5) is 13.2 Å². The lowest BCUT2D eigenvalue weighted by Crippen LogP contribution is -2.05. The van der Waals surface area contributed by atoms with Crippen LogP contribution in [0.15, 0.2) is 58.4 Å². The molecule has 0 atom stereocenters. The molecular weight excluding hydrogens is 395 g/mol. The topological polar surface area (TPSA) is 38.7 Å². The first-order valence-corrected chi connectivity index (χ1v) is 9.85. The highest BCUT2D eigenvalue weighted by atomic mass is 32.2. The summed E-state index contributed by atoms with van der Waals surface area (Å²) < 4.78 is 44.0. The molecule has 0 unspecified atom stereocenters. The maximum absolute atomic E-state index is 12.6. The number of ether oxygens (including phenoxy) is 1. The van der Waals surface area contributed by atoms with Crippen LogP contribution in [0, 0.1) is 0 Å². The van der Waals surface area contributed by atoms with Gasteiger partial charge >= 0.3 is 6.18 Å². The lowest BCUT2D eigenvalue weighted by molar-refractivity contribution is -0.137. The molecule has 2 aromatic carbocycles. The van der Waals surface area contributed by atoms with Gasteiger partial charge in [-0.3, -0.25) is 4.79 Å². The number of carbonyl (C=O) groups excluding carboxylic acids is 1. The Balaban J connectivity index is 1.59. The van der Waals surface area contributed by atoms with Crippen LogP contribution in [0.25, 0.3) is 6.08 Å². The number of hydrogen-bond donors (Lipinski definition) is 0. The highest BCUT2D eigenvalue weighted by molar-refractivity contribution is 8.40. The average Bonchev–Trinajstić information content (AvgIpc) is 3.00. The third kappa shape index (κ3) is 5.17. The van der Waals surface area contributed by atoms with E-state index < -0.39 is 11.7 Å². The molecule has 0 aromatic heterocycles. The van der Waals surface area contributed by atoms with Crippen molar-refractivity contribution < 1.29 is 22.7 Å². The van der Waals surface area contributed by atoms with Gasteiger partial charge in [0.2, 0.25) is 0 Å². The van der Waals surface area contributed by atoms with Crippen molar-refractivity contribution in [2.45, 2.75) is 12.8 Å². The number of nitrogens with zero attached hydrogens (tertiary/aromatic N) is 1. The number of carbonyl (C=O) groups is 1. The third-order valence-electron chi connectivity index (χ3n) is 3.64. The quantitative estimate of drug-likeness (QED) is 0.615. The van der Waals surface area contributed by atoms with Crippen LogP contribution in [0.5, 0.6) is 5.75 Å². The van der Waals surface area contributed by atoms with Crippen molar-refractivity contribution in [1.29, 1.82) is 0 Å². The third-order valence-corrected chi connectivity index (χ3v) is 5.61. The van der Waals surface area contributed by atoms with E-state index in [0.717, 1.165) is 22.1 Å². The first-order chi connectivity index (χ1) is 12.8. The predicted octanol–water partition coefficient (Wildman–Crippen LogP) is 5.62. The van der Waals surface area contributed by atoms with Crippen molar-refractivity contribution in [3.63, 3.8) is 0 Å². The predicted molar refractivity (Wildman–Crippen MR) is 104 cm³/mol. The second-order valence-corrected chi connectivity index (χ2v) is 7.63. The van der Waals surface area contributed by atoms with Crippen LogP contribution in [0.1, 0.15) is 16.7 Å². The number of benzene rings is 2. The molecule has 1 amide bonds. The molecule has 0 aliphatic carbocycles. The van der Waals surface area contributed by atoms with E-state index in [1.54, 1.807) is 30.3 Å². The number of halogens is 3. The fourth-order valence-corrected chi connectivity index (χ4v) is 3.67. The van der Waals surface area contributed by atoms with Crippen molar-refractivity contribution in [2.24, 2.45) is 4.99 Å². The van der Waals surface area contributed by atoms with Gasteiger partial charge in [-0.05, 0) is 47.7 Å². The van der Waals surface area contributed by atoms with E-state index in [0.29, 0.717) is 16.2 Å². The van der Waals surface area contributed by atoms with Gasteiger partial charge in [-0.2, -0.15) is 18.2 Å². The summed E-state index contributed by atoms with van der Waals surface area (Å²) in [6.07, 6.45) is -0.714. The molecule has 27 heavy (non-hydrogen) atoms. The van der Waals surface area contributed by atoms with E-state index in [9.17, 15) is 18.0 Å². The Morgan fingerprint density at radius 3 is 2.33 bits per heavy atom. The molecular formula is C19H14F3NO2S2. The first-order valence-electron chi connectivity index (χ1n) is 7.81. The summed E-state index contributed by atoms with van der Waals surface area (Å²) in [6.45, 7) is 0.165. The minimum atomic E-state index is -4.34. The summed E-state index contributed by atoms with van der Waals surface area (Å²) in [5.41, 5.74) is 0.797. The molecule has 2 aromatic rings. The Kier molecular flexibility index (Phi) is 5.96. The van der Waals surface area contributed by atoms with Crippen LogP contribution in [0.2, 0.25) is 0 Å². The summed E-state index contributed by atoms with van der Waals surface area (Å²) in [5.74, 6) is 0.343. The number of thioether (sulfide) groups is 2. The highest BCUT2D eigenvalue weighted by Crippen LogP contribution is 2.33. The Hall–Kier alpha value is -2.19. The van der Waals surface area contributed by atoms with Gasteiger partial charge in [0.15, 0.2) is 0 Å². The fourth-order valence-electron chi connectivity index (χ4n) is 2.25. The zero-order valence-electron chi connectivity index (χ0n) is 14.1. The Bertz CT molecular complexity index is 889. The van der Waals surface area contributed by atoms with E-state index in [4.69, 9.17) is 4.74 Å². The minimum Gasteiger partial charge on any atom is -0.489 e. The lowest BCUT2D eigenvalue weighted by Gasteiger charge is -2.09. The maximum atomic E-state index is 12.6. The Morgan fingerprint density at radius 2 is 1.78 bits per heavy atom. The molecule has 0 saturated carbocycles. The summed E-state index contributed by atoms with van der Waals surface area (Å²) in [7, 11) is 0. The molecule has 0 radical (unpaired) electrons. The van der Waals surface area contributed by atoms with Crippen LogP contribution in [-0.2, 0) is 17.6 Å². The van der Waals surface area contributed by atoms with Gasteiger partial charge < -0.3 is 4.74 Å². The van der Waals surface area contributed by atoms with E-state index in [1.165, 1.54) is 35.7 Å². The van der Waals surface area contributed by atoms with Gasteiger partial charge in [0.05, 0.1) is 10.5 Å². The first kappa shape index (κ1) is 19.6. The lowest BCUT2D eigenvalue weighted by atomic mass is 10.1.